The van der Waals surface area contributed by atoms with Crippen LogP contribution < -0.4 is 4.18 Å². The van der Waals surface area contributed by atoms with Gasteiger partial charge >= 0.3 is 16.1 Å². The Balaban J connectivity index is 2.41. The van der Waals surface area contributed by atoms with Gasteiger partial charge in [-0.1, -0.05) is 23.8 Å². The zero-order valence-electron chi connectivity index (χ0n) is 12.5. The fourth-order valence-corrected chi connectivity index (χ4v) is 3.17. The van der Waals surface area contributed by atoms with E-state index in [1.165, 1.54) is 32.2 Å². The number of methoxy groups -OCH3 is 1. The lowest BCUT2D eigenvalue weighted by atomic mass is 10.1. The van der Waals surface area contributed by atoms with Crippen molar-refractivity contribution < 1.29 is 22.1 Å². The molecule has 22 heavy (non-hydrogen) atoms. The molecule has 0 N–H and O–H groups in total. The van der Waals surface area contributed by atoms with E-state index < -0.39 is 16.1 Å². The molecule has 0 fully saturated rings. The standard InChI is InChI=1S/C16H16O5S/c1-11-7-9-13(10-8-11)21-22(18,19)15-6-4-5-14(12(15)2)16(17)20-3/h4-10H,1-3H3. The Labute approximate surface area is 129 Å². The molecule has 0 aromatic heterocycles. The summed E-state index contributed by atoms with van der Waals surface area (Å²) in [4.78, 5) is 11.6. The maximum Gasteiger partial charge on any atom is 0.339 e. The fraction of sp³-hybridized carbons (Fsp3) is 0.188. The number of esters is 1. The van der Waals surface area contributed by atoms with Gasteiger partial charge in [0, 0.05) is 0 Å². The minimum atomic E-state index is -4.03. The van der Waals surface area contributed by atoms with Crippen molar-refractivity contribution in [3.05, 3.63) is 59.2 Å². The van der Waals surface area contributed by atoms with Gasteiger partial charge in [0.05, 0.1) is 12.7 Å². The van der Waals surface area contributed by atoms with Gasteiger partial charge in [-0.25, -0.2) is 4.79 Å². The Hall–Kier alpha value is -2.34. The normalized spacial score (nSPS) is 11.0. The summed E-state index contributed by atoms with van der Waals surface area (Å²) in [5.41, 5.74) is 1.48. The smallest absolute Gasteiger partial charge is 0.339 e. The maximum absolute atomic E-state index is 12.4. The molecule has 0 atom stereocenters. The number of aryl methyl sites for hydroxylation is 1. The van der Waals surface area contributed by atoms with Gasteiger partial charge in [-0.3, -0.25) is 0 Å². The molecule has 6 heteroatoms. The Morgan fingerprint density at radius 2 is 1.64 bits per heavy atom. The number of carbonyl (C=O) groups excluding carboxylic acids is 1. The van der Waals surface area contributed by atoms with Crippen LogP contribution in [-0.2, 0) is 14.9 Å². The van der Waals surface area contributed by atoms with Crippen molar-refractivity contribution in [3.8, 4) is 5.75 Å². The average Bonchev–Trinajstić information content (AvgIpc) is 2.48. The molecule has 0 heterocycles. The van der Waals surface area contributed by atoms with Gasteiger partial charge in [0.25, 0.3) is 0 Å². The number of rotatable bonds is 4. The van der Waals surface area contributed by atoms with Gasteiger partial charge in [0.15, 0.2) is 0 Å². The van der Waals surface area contributed by atoms with Gasteiger partial charge in [-0.2, -0.15) is 8.42 Å². The molecular weight excluding hydrogens is 304 g/mol. The van der Waals surface area contributed by atoms with Crippen LogP contribution in [0.5, 0.6) is 5.75 Å². The van der Waals surface area contributed by atoms with Crippen molar-refractivity contribution in [2.45, 2.75) is 18.7 Å². The largest absolute Gasteiger partial charge is 0.465 e. The van der Waals surface area contributed by atoms with Crippen LogP contribution in [0.3, 0.4) is 0 Å². The molecule has 0 saturated carbocycles. The third-order valence-corrected chi connectivity index (χ3v) is 4.58. The molecule has 0 bridgehead atoms. The molecule has 5 nitrogen and oxygen atoms in total. The van der Waals surface area contributed by atoms with Gasteiger partial charge < -0.3 is 8.92 Å². The molecule has 2 aromatic carbocycles. The minimum Gasteiger partial charge on any atom is -0.465 e. The van der Waals surface area contributed by atoms with Crippen LogP contribution >= 0.6 is 0 Å². The Kier molecular flexibility index (Phi) is 4.51. The summed E-state index contributed by atoms with van der Waals surface area (Å²) < 4.78 is 34.5. The molecular formula is C16H16O5S. The molecule has 0 amide bonds. The molecule has 2 rings (SSSR count). The average molecular weight is 320 g/mol. The van der Waals surface area contributed by atoms with E-state index in [0.717, 1.165) is 5.56 Å². The number of carbonyl (C=O) groups is 1. The zero-order chi connectivity index (χ0) is 16.3. The van der Waals surface area contributed by atoms with Crippen molar-refractivity contribution in [2.24, 2.45) is 0 Å². The number of benzene rings is 2. The van der Waals surface area contributed by atoms with E-state index in [1.807, 2.05) is 6.92 Å². The van der Waals surface area contributed by atoms with E-state index in [9.17, 15) is 13.2 Å². The molecule has 0 aliphatic rings. The Morgan fingerprint density at radius 3 is 2.23 bits per heavy atom. The summed E-state index contributed by atoms with van der Waals surface area (Å²) in [6, 6.07) is 11.0. The fourth-order valence-electron chi connectivity index (χ4n) is 1.98. The van der Waals surface area contributed by atoms with Crippen LogP contribution in [0, 0.1) is 13.8 Å². The highest BCUT2D eigenvalue weighted by molar-refractivity contribution is 7.87. The second-order valence-corrected chi connectivity index (χ2v) is 6.29. The second kappa shape index (κ2) is 6.19. The summed E-state index contributed by atoms with van der Waals surface area (Å²) in [7, 11) is -2.79. The van der Waals surface area contributed by atoms with E-state index in [2.05, 4.69) is 4.74 Å². The van der Waals surface area contributed by atoms with Crippen molar-refractivity contribution in [1.82, 2.24) is 0 Å². The highest BCUT2D eigenvalue weighted by Gasteiger charge is 2.23. The lowest BCUT2D eigenvalue weighted by molar-refractivity contribution is 0.0599. The first kappa shape index (κ1) is 16.0. The quantitative estimate of drug-likeness (QED) is 0.640. The topological polar surface area (TPSA) is 69.7 Å². The van der Waals surface area contributed by atoms with Gasteiger partial charge in [0.1, 0.15) is 10.6 Å². The lowest BCUT2D eigenvalue weighted by Crippen LogP contribution is -2.14. The molecule has 0 unspecified atom stereocenters. The van der Waals surface area contributed by atoms with Gasteiger partial charge in [0.2, 0.25) is 0 Å². The number of hydrogen-bond donors (Lipinski definition) is 0. The summed E-state index contributed by atoms with van der Waals surface area (Å²) in [5, 5.41) is 0. The van der Waals surface area contributed by atoms with Crippen LogP contribution in [0.4, 0.5) is 0 Å². The third-order valence-electron chi connectivity index (χ3n) is 3.19. The van der Waals surface area contributed by atoms with Crippen molar-refractivity contribution in [2.75, 3.05) is 7.11 Å². The first-order chi connectivity index (χ1) is 10.3. The highest BCUT2D eigenvalue weighted by Crippen LogP contribution is 2.24. The molecule has 0 aliphatic carbocycles. The predicted molar refractivity (Wildman–Crippen MR) is 81.5 cm³/mol. The van der Waals surface area contributed by atoms with E-state index in [1.54, 1.807) is 24.3 Å². The van der Waals surface area contributed by atoms with Gasteiger partial charge in [-0.05, 0) is 43.7 Å². The Bertz CT molecular complexity index is 792. The van der Waals surface area contributed by atoms with Crippen molar-refractivity contribution >= 4 is 16.1 Å². The predicted octanol–water partition coefficient (Wildman–Crippen LogP) is 2.86. The molecule has 116 valence electrons. The summed E-state index contributed by atoms with van der Waals surface area (Å²) in [5.74, 6) is -0.377. The van der Waals surface area contributed by atoms with Crippen LogP contribution in [0.1, 0.15) is 21.5 Å². The molecule has 0 spiro atoms. The first-order valence-corrected chi connectivity index (χ1v) is 7.95. The van der Waals surface area contributed by atoms with Crippen LogP contribution in [0.2, 0.25) is 0 Å². The SMILES string of the molecule is COC(=O)c1cccc(S(=O)(=O)Oc2ccc(C)cc2)c1C. The van der Waals surface area contributed by atoms with Crippen molar-refractivity contribution in [1.29, 1.82) is 0 Å². The maximum atomic E-state index is 12.4. The molecule has 0 saturated heterocycles. The van der Waals surface area contributed by atoms with E-state index in [0.29, 0.717) is 5.56 Å². The summed E-state index contributed by atoms with van der Waals surface area (Å²) in [6.07, 6.45) is 0. The third kappa shape index (κ3) is 3.28. The van der Waals surface area contributed by atoms with Crippen LogP contribution in [0.15, 0.2) is 47.4 Å². The Morgan fingerprint density at radius 1 is 1.00 bits per heavy atom. The molecule has 2 aromatic rings. The summed E-state index contributed by atoms with van der Waals surface area (Å²) in [6.45, 7) is 3.43. The lowest BCUT2D eigenvalue weighted by Gasteiger charge is -2.11. The highest BCUT2D eigenvalue weighted by atomic mass is 32.2. The second-order valence-electron chi connectivity index (χ2n) is 4.77. The van der Waals surface area contributed by atoms with E-state index >= 15 is 0 Å². The first-order valence-electron chi connectivity index (χ1n) is 6.54. The number of hydrogen-bond acceptors (Lipinski definition) is 5. The zero-order valence-corrected chi connectivity index (χ0v) is 13.3. The van der Waals surface area contributed by atoms with Crippen LogP contribution in [0.25, 0.3) is 0 Å². The monoisotopic (exact) mass is 320 g/mol. The van der Waals surface area contributed by atoms with Crippen molar-refractivity contribution in [3.63, 3.8) is 0 Å². The van der Waals surface area contributed by atoms with E-state index in [-0.39, 0.29) is 16.2 Å². The minimum absolute atomic E-state index is 0.0593. The van der Waals surface area contributed by atoms with Gasteiger partial charge in [-0.15, -0.1) is 0 Å². The number of ether oxygens (including phenoxy) is 1. The molecule has 0 aliphatic heterocycles. The van der Waals surface area contributed by atoms with E-state index in [4.69, 9.17) is 4.18 Å². The summed E-state index contributed by atoms with van der Waals surface area (Å²) >= 11 is 0. The van der Waals surface area contributed by atoms with Crippen LogP contribution in [-0.4, -0.2) is 21.5 Å². The molecule has 0 radical (unpaired) electrons.